The lowest BCUT2D eigenvalue weighted by Gasteiger charge is -2.34. The van der Waals surface area contributed by atoms with Crippen LogP contribution in [0, 0.1) is 11.8 Å². The predicted molar refractivity (Wildman–Crippen MR) is 62.0 cm³/mol. The van der Waals surface area contributed by atoms with Gasteiger partial charge in [-0.25, -0.2) is 0 Å². The maximum atomic E-state index is 11.2. The minimum atomic E-state index is -0.267. The Kier molecular flexibility index (Phi) is 5.44. The smallest absolute Gasteiger partial charge is 0.321 e. The van der Waals surface area contributed by atoms with Gasteiger partial charge in [0.05, 0.1) is 0 Å². The van der Waals surface area contributed by atoms with E-state index in [-0.39, 0.29) is 18.0 Å². The SMILES string of the molecule is CC[C@@H](C)[C@@H]1CCCC[C@@H]1OC(=O)CCl. The zero-order chi connectivity index (χ0) is 11.3. The van der Waals surface area contributed by atoms with E-state index in [1.165, 1.54) is 19.3 Å². The Morgan fingerprint density at radius 2 is 2.13 bits per heavy atom. The van der Waals surface area contributed by atoms with Gasteiger partial charge < -0.3 is 4.74 Å². The quantitative estimate of drug-likeness (QED) is 0.549. The fourth-order valence-electron chi connectivity index (χ4n) is 2.43. The minimum absolute atomic E-state index is 0.0241. The molecule has 0 radical (unpaired) electrons. The molecule has 0 heterocycles. The summed E-state index contributed by atoms with van der Waals surface area (Å²) >= 11 is 5.46. The second-order valence-electron chi connectivity index (χ2n) is 4.50. The Hall–Kier alpha value is -0.240. The number of hydrogen-bond acceptors (Lipinski definition) is 2. The van der Waals surface area contributed by atoms with Gasteiger partial charge >= 0.3 is 5.97 Å². The van der Waals surface area contributed by atoms with E-state index >= 15 is 0 Å². The molecule has 3 heteroatoms. The Morgan fingerprint density at radius 1 is 1.47 bits per heavy atom. The lowest BCUT2D eigenvalue weighted by Crippen LogP contribution is -2.34. The molecule has 0 aromatic heterocycles. The number of ether oxygens (including phenoxy) is 1. The molecular weight excluding hydrogens is 212 g/mol. The first-order valence-corrected chi connectivity index (χ1v) is 6.48. The number of carbonyl (C=O) groups excluding carboxylic acids is 1. The van der Waals surface area contributed by atoms with Gasteiger partial charge in [-0.05, 0) is 31.1 Å². The first-order chi connectivity index (χ1) is 7.19. The van der Waals surface area contributed by atoms with E-state index in [9.17, 15) is 4.79 Å². The van der Waals surface area contributed by atoms with Crippen LogP contribution >= 0.6 is 11.6 Å². The van der Waals surface area contributed by atoms with Gasteiger partial charge in [-0.2, -0.15) is 0 Å². The van der Waals surface area contributed by atoms with Crippen molar-refractivity contribution in [3.8, 4) is 0 Å². The molecule has 0 aromatic carbocycles. The second kappa shape index (κ2) is 6.37. The van der Waals surface area contributed by atoms with E-state index in [2.05, 4.69) is 13.8 Å². The molecule has 1 saturated carbocycles. The van der Waals surface area contributed by atoms with Crippen molar-refractivity contribution in [1.29, 1.82) is 0 Å². The molecule has 1 aliphatic rings. The summed E-state index contributed by atoms with van der Waals surface area (Å²) in [5.41, 5.74) is 0. The number of hydrogen-bond donors (Lipinski definition) is 0. The van der Waals surface area contributed by atoms with E-state index in [1.807, 2.05) is 0 Å². The molecule has 0 saturated heterocycles. The van der Waals surface area contributed by atoms with Crippen molar-refractivity contribution < 1.29 is 9.53 Å². The summed E-state index contributed by atoms with van der Waals surface area (Å²) in [6, 6.07) is 0. The molecule has 0 bridgehead atoms. The second-order valence-corrected chi connectivity index (χ2v) is 4.76. The van der Waals surface area contributed by atoms with E-state index in [4.69, 9.17) is 16.3 Å². The molecule has 15 heavy (non-hydrogen) atoms. The van der Waals surface area contributed by atoms with Crippen LogP contribution in [0.2, 0.25) is 0 Å². The fourth-order valence-corrected chi connectivity index (χ4v) is 2.49. The summed E-state index contributed by atoms with van der Waals surface area (Å²) < 4.78 is 5.41. The van der Waals surface area contributed by atoms with Gasteiger partial charge in [0.1, 0.15) is 12.0 Å². The highest BCUT2D eigenvalue weighted by molar-refractivity contribution is 6.26. The van der Waals surface area contributed by atoms with Crippen LogP contribution in [-0.4, -0.2) is 18.0 Å². The number of halogens is 1. The first kappa shape index (κ1) is 12.8. The van der Waals surface area contributed by atoms with Crippen LogP contribution in [0.4, 0.5) is 0 Å². The third kappa shape index (κ3) is 3.67. The van der Waals surface area contributed by atoms with E-state index in [0.717, 1.165) is 12.8 Å². The van der Waals surface area contributed by atoms with Crippen molar-refractivity contribution >= 4 is 17.6 Å². The van der Waals surface area contributed by atoms with Crippen molar-refractivity contribution in [1.82, 2.24) is 0 Å². The van der Waals surface area contributed by atoms with Crippen LogP contribution < -0.4 is 0 Å². The van der Waals surface area contributed by atoms with Crippen LogP contribution in [0.15, 0.2) is 0 Å². The molecule has 1 fully saturated rings. The molecular formula is C12H21ClO2. The van der Waals surface area contributed by atoms with Crippen LogP contribution in [-0.2, 0) is 9.53 Å². The zero-order valence-corrected chi connectivity index (χ0v) is 10.4. The van der Waals surface area contributed by atoms with Crippen molar-refractivity contribution in [3.05, 3.63) is 0 Å². The molecule has 0 aromatic rings. The third-order valence-corrected chi connectivity index (χ3v) is 3.74. The molecule has 0 spiro atoms. The summed E-state index contributed by atoms with van der Waals surface area (Å²) in [6.45, 7) is 4.44. The molecule has 3 atom stereocenters. The molecule has 0 N–H and O–H groups in total. The maximum absolute atomic E-state index is 11.2. The first-order valence-electron chi connectivity index (χ1n) is 5.94. The Bertz CT molecular complexity index is 206. The molecule has 88 valence electrons. The highest BCUT2D eigenvalue weighted by atomic mass is 35.5. The maximum Gasteiger partial charge on any atom is 0.321 e. The normalized spacial score (nSPS) is 28.5. The van der Waals surface area contributed by atoms with Gasteiger partial charge in [-0.3, -0.25) is 4.79 Å². The topological polar surface area (TPSA) is 26.3 Å². The summed E-state index contributed by atoms with van der Waals surface area (Å²) in [7, 11) is 0. The highest BCUT2D eigenvalue weighted by Gasteiger charge is 2.31. The summed E-state index contributed by atoms with van der Waals surface area (Å²) in [5, 5.41) is 0. The fraction of sp³-hybridized carbons (Fsp3) is 0.917. The third-order valence-electron chi connectivity index (χ3n) is 3.52. The molecule has 0 amide bonds. The van der Waals surface area contributed by atoms with E-state index < -0.39 is 0 Å². The van der Waals surface area contributed by atoms with E-state index in [1.54, 1.807) is 0 Å². The van der Waals surface area contributed by atoms with Gasteiger partial charge in [-0.15, -0.1) is 11.6 Å². The lowest BCUT2D eigenvalue weighted by molar-refractivity contribution is -0.151. The van der Waals surface area contributed by atoms with Gasteiger partial charge in [0.15, 0.2) is 0 Å². The molecule has 0 unspecified atom stereocenters. The van der Waals surface area contributed by atoms with Crippen LogP contribution in [0.5, 0.6) is 0 Å². The Balaban J connectivity index is 2.53. The van der Waals surface area contributed by atoms with Crippen LogP contribution in [0.3, 0.4) is 0 Å². The van der Waals surface area contributed by atoms with Gasteiger partial charge in [0.25, 0.3) is 0 Å². The Labute approximate surface area is 97.3 Å². The molecule has 1 aliphatic carbocycles. The monoisotopic (exact) mass is 232 g/mol. The number of carbonyl (C=O) groups is 1. The molecule has 1 rings (SSSR count). The summed E-state index contributed by atoms with van der Waals surface area (Å²) in [4.78, 5) is 11.2. The van der Waals surface area contributed by atoms with Crippen molar-refractivity contribution in [2.75, 3.05) is 5.88 Å². The Morgan fingerprint density at radius 3 is 2.73 bits per heavy atom. The van der Waals surface area contributed by atoms with Crippen LogP contribution in [0.25, 0.3) is 0 Å². The number of rotatable bonds is 4. The molecule has 2 nitrogen and oxygen atoms in total. The minimum Gasteiger partial charge on any atom is -0.461 e. The largest absolute Gasteiger partial charge is 0.461 e. The van der Waals surface area contributed by atoms with E-state index in [0.29, 0.717) is 11.8 Å². The van der Waals surface area contributed by atoms with Gasteiger partial charge in [0, 0.05) is 0 Å². The van der Waals surface area contributed by atoms with Crippen molar-refractivity contribution in [3.63, 3.8) is 0 Å². The van der Waals surface area contributed by atoms with Crippen molar-refractivity contribution in [2.24, 2.45) is 11.8 Å². The number of esters is 1. The average Bonchev–Trinajstić information content (AvgIpc) is 2.28. The lowest BCUT2D eigenvalue weighted by atomic mass is 9.77. The van der Waals surface area contributed by atoms with Gasteiger partial charge in [0.2, 0.25) is 0 Å². The van der Waals surface area contributed by atoms with Crippen molar-refractivity contribution in [2.45, 2.75) is 52.1 Å². The highest BCUT2D eigenvalue weighted by Crippen LogP contribution is 2.33. The number of alkyl halides is 1. The average molecular weight is 233 g/mol. The standard InChI is InChI=1S/C12H21ClO2/c1-3-9(2)10-6-4-5-7-11(10)15-12(14)8-13/h9-11H,3-8H2,1-2H3/t9-,10+,11+/m1/s1. The zero-order valence-electron chi connectivity index (χ0n) is 9.67. The molecule has 0 aliphatic heterocycles. The summed E-state index contributed by atoms with van der Waals surface area (Å²) in [5.74, 6) is 0.884. The van der Waals surface area contributed by atoms with Crippen LogP contribution in [0.1, 0.15) is 46.0 Å². The van der Waals surface area contributed by atoms with Gasteiger partial charge in [-0.1, -0.05) is 26.7 Å². The summed E-state index contributed by atoms with van der Waals surface area (Å²) in [6.07, 6.45) is 5.91. The predicted octanol–water partition coefficient (Wildman–Crippen LogP) is 3.37.